The van der Waals surface area contributed by atoms with Gasteiger partial charge in [-0.15, -0.1) is 0 Å². The van der Waals surface area contributed by atoms with Crippen LogP contribution >= 0.6 is 46.4 Å². The monoisotopic (exact) mass is 533 g/mol. The Labute approximate surface area is 215 Å². The van der Waals surface area contributed by atoms with Crippen LogP contribution in [-0.4, -0.2) is 17.7 Å². The molecular weight excluding hydrogens is 520 g/mol. The van der Waals surface area contributed by atoms with E-state index in [4.69, 9.17) is 46.4 Å². The van der Waals surface area contributed by atoms with Crippen LogP contribution in [0.4, 0.5) is 17.1 Å². The van der Waals surface area contributed by atoms with Gasteiger partial charge in [-0.05, 0) is 48.9 Å². The zero-order valence-corrected chi connectivity index (χ0v) is 20.5. The fourth-order valence-corrected chi connectivity index (χ4v) is 4.14. The maximum Gasteiger partial charge on any atom is 0.283 e. The summed E-state index contributed by atoms with van der Waals surface area (Å²) in [5.74, 6) is -1.84. The fourth-order valence-electron chi connectivity index (χ4n) is 3.30. The molecule has 0 saturated carbocycles. The van der Waals surface area contributed by atoms with E-state index in [2.05, 4.69) is 10.6 Å². The van der Waals surface area contributed by atoms with E-state index in [1.807, 2.05) is 25.1 Å². The molecule has 0 fully saturated rings. The Morgan fingerprint density at radius 3 is 2.26 bits per heavy atom. The third-order valence-electron chi connectivity index (χ3n) is 5.05. The minimum Gasteiger partial charge on any atom is -0.350 e. The lowest BCUT2D eigenvalue weighted by molar-refractivity contribution is -0.120. The van der Waals surface area contributed by atoms with E-state index >= 15 is 0 Å². The minimum atomic E-state index is -0.775. The molecule has 6 nitrogen and oxygen atoms in total. The number of para-hydroxylation sites is 1. The molecule has 4 rings (SSSR count). The van der Waals surface area contributed by atoms with Crippen LogP contribution in [0, 0.1) is 6.92 Å². The second-order valence-corrected chi connectivity index (χ2v) is 8.93. The quantitative estimate of drug-likeness (QED) is 0.284. The highest BCUT2D eigenvalue weighted by molar-refractivity contribution is 6.54. The average Bonchev–Trinajstić information content (AvgIpc) is 3.01. The van der Waals surface area contributed by atoms with Crippen LogP contribution in [0.3, 0.4) is 0 Å². The van der Waals surface area contributed by atoms with Crippen LogP contribution in [0.15, 0.2) is 71.4 Å². The van der Waals surface area contributed by atoms with Crippen molar-refractivity contribution in [3.63, 3.8) is 0 Å². The van der Waals surface area contributed by atoms with Gasteiger partial charge in [0.2, 0.25) is 0 Å². The summed E-state index contributed by atoms with van der Waals surface area (Å²) in [6, 6.07) is 16.5. The third-order valence-corrected chi connectivity index (χ3v) is 6.42. The van der Waals surface area contributed by atoms with Crippen LogP contribution in [0.25, 0.3) is 0 Å². The molecule has 10 heteroatoms. The number of hydrogen-bond acceptors (Lipinski definition) is 4. The summed E-state index contributed by atoms with van der Waals surface area (Å²) in [6.07, 6.45) is 0. The van der Waals surface area contributed by atoms with Crippen molar-refractivity contribution in [2.75, 3.05) is 15.5 Å². The van der Waals surface area contributed by atoms with Gasteiger partial charge in [0.05, 0.1) is 20.8 Å². The van der Waals surface area contributed by atoms with Gasteiger partial charge in [-0.3, -0.25) is 14.4 Å². The molecule has 0 aliphatic carbocycles. The molecular formula is C24H15Cl4N3O3. The second-order valence-electron chi connectivity index (χ2n) is 7.33. The first-order valence-corrected chi connectivity index (χ1v) is 11.4. The Kier molecular flexibility index (Phi) is 6.86. The standard InChI is InChI=1S/C24H15Cl4N3O3/c1-12-5-2-3-8-18(12)30-22(32)13-6-4-7-14(9-13)29-21-20(28)23(33)31(24(21)34)19-11-16(26)15(25)10-17(19)27/h2-11,29H,1H3,(H,30,32). The number of benzene rings is 3. The number of carbonyl (C=O) groups is 3. The van der Waals surface area contributed by atoms with Crippen molar-refractivity contribution in [2.45, 2.75) is 6.92 Å². The highest BCUT2D eigenvalue weighted by atomic mass is 35.5. The van der Waals surface area contributed by atoms with Crippen molar-refractivity contribution in [1.82, 2.24) is 0 Å². The van der Waals surface area contributed by atoms with E-state index in [-0.39, 0.29) is 37.4 Å². The first-order chi connectivity index (χ1) is 16.2. The number of hydrogen-bond donors (Lipinski definition) is 2. The number of amides is 3. The molecule has 3 aromatic carbocycles. The SMILES string of the molecule is Cc1ccccc1NC(=O)c1cccc(NC2=C(Cl)C(=O)N(c3cc(Cl)c(Cl)cc3Cl)C2=O)c1. The topological polar surface area (TPSA) is 78.5 Å². The second kappa shape index (κ2) is 9.68. The number of halogens is 4. The molecule has 34 heavy (non-hydrogen) atoms. The lowest BCUT2D eigenvalue weighted by atomic mass is 10.1. The summed E-state index contributed by atoms with van der Waals surface area (Å²) >= 11 is 24.4. The van der Waals surface area contributed by atoms with E-state index in [1.165, 1.54) is 18.2 Å². The molecule has 1 aliphatic rings. The van der Waals surface area contributed by atoms with Gasteiger partial charge < -0.3 is 10.6 Å². The summed E-state index contributed by atoms with van der Waals surface area (Å²) in [7, 11) is 0. The number of carbonyl (C=O) groups excluding carboxylic acids is 3. The number of aryl methyl sites for hydroxylation is 1. The Morgan fingerprint density at radius 2 is 1.53 bits per heavy atom. The number of nitrogens with zero attached hydrogens (tertiary/aromatic N) is 1. The van der Waals surface area contributed by atoms with Crippen molar-refractivity contribution in [2.24, 2.45) is 0 Å². The normalized spacial score (nSPS) is 13.5. The average molecular weight is 535 g/mol. The number of imide groups is 1. The van der Waals surface area contributed by atoms with Crippen molar-refractivity contribution in [1.29, 1.82) is 0 Å². The molecule has 0 radical (unpaired) electrons. The summed E-state index contributed by atoms with van der Waals surface area (Å²) in [4.78, 5) is 39.4. The van der Waals surface area contributed by atoms with Crippen LogP contribution in [0.2, 0.25) is 15.1 Å². The Bertz CT molecular complexity index is 1390. The van der Waals surface area contributed by atoms with Crippen molar-refractivity contribution in [3.8, 4) is 0 Å². The predicted molar refractivity (Wildman–Crippen MR) is 136 cm³/mol. The van der Waals surface area contributed by atoms with E-state index in [9.17, 15) is 14.4 Å². The van der Waals surface area contributed by atoms with E-state index < -0.39 is 11.8 Å². The molecule has 0 saturated heterocycles. The van der Waals surface area contributed by atoms with Crippen molar-refractivity contribution < 1.29 is 14.4 Å². The third kappa shape index (κ3) is 4.63. The smallest absolute Gasteiger partial charge is 0.283 e. The highest BCUT2D eigenvalue weighted by Crippen LogP contribution is 2.38. The largest absolute Gasteiger partial charge is 0.350 e. The maximum atomic E-state index is 13.1. The molecule has 1 heterocycles. The van der Waals surface area contributed by atoms with Crippen LogP contribution in [-0.2, 0) is 9.59 Å². The molecule has 0 unspecified atom stereocenters. The van der Waals surface area contributed by atoms with E-state index in [0.29, 0.717) is 16.9 Å². The van der Waals surface area contributed by atoms with Crippen LogP contribution in [0.1, 0.15) is 15.9 Å². The first kappa shape index (κ1) is 24.1. The van der Waals surface area contributed by atoms with Gasteiger partial charge >= 0.3 is 0 Å². The summed E-state index contributed by atoms with van der Waals surface area (Å²) in [5.41, 5.74) is 2.21. The molecule has 3 aromatic rings. The lowest BCUT2D eigenvalue weighted by Crippen LogP contribution is -2.32. The van der Waals surface area contributed by atoms with Gasteiger partial charge in [-0.1, -0.05) is 70.7 Å². The van der Waals surface area contributed by atoms with Gasteiger partial charge in [-0.25, -0.2) is 4.90 Å². The van der Waals surface area contributed by atoms with Crippen molar-refractivity contribution in [3.05, 3.63) is 97.6 Å². The number of rotatable bonds is 5. The van der Waals surface area contributed by atoms with Gasteiger partial charge in [0, 0.05) is 16.9 Å². The molecule has 0 spiro atoms. The Balaban J connectivity index is 1.58. The molecule has 2 N–H and O–H groups in total. The van der Waals surface area contributed by atoms with Gasteiger partial charge in [0.1, 0.15) is 10.7 Å². The van der Waals surface area contributed by atoms with Gasteiger partial charge in [0.25, 0.3) is 17.7 Å². The molecule has 0 atom stereocenters. The van der Waals surface area contributed by atoms with Crippen LogP contribution < -0.4 is 15.5 Å². The molecule has 172 valence electrons. The summed E-state index contributed by atoms with van der Waals surface area (Å²) < 4.78 is 0. The van der Waals surface area contributed by atoms with Gasteiger partial charge in [-0.2, -0.15) is 0 Å². The molecule has 0 aromatic heterocycles. The first-order valence-electron chi connectivity index (χ1n) is 9.84. The fraction of sp³-hybridized carbons (Fsp3) is 0.0417. The number of anilines is 3. The number of nitrogens with one attached hydrogen (secondary N) is 2. The molecule has 1 aliphatic heterocycles. The van der Waals surface area contributed by atoms with Crippen molar-refractivity contribution >= 4 is 81.2 Å². The highest BCUT2D eigenvalue weighted by Gasteiger charge is 2.40. The zero-order chi connectivity index (χ0) is 24.6. The van der Waals surface area contributed by atoms with E-state index in [1.54, 1.807) is 24.3 Å². The molecule has 3 amide bonds. The minimum absolute atomic E-state index is 0.0485. The summed E-state index contributed by atoms with van der Waals surface area (Å²) in [5, 5.41) is 5.70. The Morgan fingerprint density at radius 1 is 0.824 bits per heavy atom. The van der Waals surface area contributed by atoms with Gasteiger partial charge in [0.15, 0.2) is 0 Å². The Hall–Kier alpha value is -3.03. The predicted octanol–water partition coefficient (Wildman–Crippen LogP) is 6.64. The summed E-state index contributed by atoms with van der Waals surface area (Å²) in [6.45, 7) is 1.89. The zero-order valence-electron chi connectivity index (χ0n) is 17.5. The maximum absolute atomic E-state index is 13.1. The van der Waals surface area contributed by atoms with Crippen LogP contribution in [0.5, 0.6) is 0 Å². The molecule has 0 bridgehead atoms. The lowest BCUT2D eigenvalue weighted by Gasteiger charge is -2.17. The van der Waals surface area contributed by atoms with E-state index in [0.717, 1.165) is 10.5 Å².